The van der Waals surface area contributed by atoms with Gasteiger partial charge in [0, 0.05) is 13.1 Å². The molecular weight excluding hydrogens is 198 g/mol. The van der Waals surface area contributed by atoms with E-state index in [2.05, 4.69) is 70.1 Å². The predicted molar refractivity (Wildman–Crippen MR) is 68.6 cm³/mol. The van der Waals surface area contributed by atoms with Gasteiger partial charge in [0.15, 0.2) is 0 Å². The molecule has 3 heteroatoms. The molecule has 16 heavy (non-hydrogen) atoms. The second kappa shape index (κ2) is 4.21. The molecule has 0 saturated heterocycles. The number of aromatic nitrogens is 2. The number of rotatable bonds is 3. The molecule has 1 heterocycles. The zero-order valence-electron chi connectivity index (χ0n) is 11.9. The first-order chi connectivity index (χ1) is 7.19. The second-order valence-electron chi connectivity index (χ2n) is 5.42. The van der Waals surface area contributed by atoms with Crippen molar-refractivity contribution in [3.8, 4) is 0 Å². The Balaban J connectivity index is 3.26. The van der Waals surface area contributed by atoms with Crippen LogP contribution < -0.4 is 0 Å². The van der Waals surface area contributed by atoms with Crippen molar-refractivity contribution in [2.24, 2.45) is 7.05 Å². The summed E-state index contributed by atoms with van der Waals surface area (Å²) in [7, 11) is 4.27. The number of aryl methyl sites for hydroxylation is 2. The van der Waals surface area contributed by atoms with Crippen molar-refractivity contribution < 1.29 is 0 Å². The summed E-state index contributed by atoms with van der Waals surface area (Å²) in [6, 6.07) is 0.518. The minimum absolute atomic E-state index is 0.00819. The van der Waals surface area contributed by atoms with Gasteiger partial charge in [0.05, 0.1) is 16.9 Å². The molecule has 0 radical (unpaired) electrons. The molecule has 0 fully saturated rings. The van der Waals surface area contributed by atoms with Crippen LogP contribution in [0.4, 0.5) is 0 Å². The molecule has 0 bridgehead atoms. The molecule has 0 aliphatic heterocycles. The highest BCUT2D eigenvalue weighted by molar-refractivity contribution is 5.23. The first-order valence-electron chi connectivity index (χ1n) is 5.93. The molecular formula is C13H25N3. The number of hydrogen-bond acceptors (Lipinski definition) is 2. The zero-order chi connectivity index (χ0) is 12.7. The van der Waals surface area contributed by atoms with E-state index in [0.29, 0.717) is 6.04 Å². The Labute approximate surface area is 99.5 Å². The van der Waals surface area contributed by atoms with E-state index in [1.165, 1.54) is 5.69 Å². The third-order valence-corrected chi connectivity index (χ3v) is 3.73. The fraction of sp³-hybridized carbons (Fsp3) is 0.769. The molecule has 1 aromatic rings. The summed E-state index contributed by atoms with van der Waals surface area (Å²) < 4.78 is 2.20. The van der Waals surface area contributed by atoms with Crippen LogP contribution in [0.1, 0.15) is 44.9 Å². The summed E-state index contributed by atoms with van der Waals surface area (Å²) in [5.41, 5.74) is 2.45. The third-order valence-electron chi connectivity index (χ3n) is 3.73. The van der Waals surface area contributed by atoms with Crippen molar-refractivity contribution >= 4 is 0 Å². The number of nitrogens with zero attached hydrogens (tertiary/aromatic N) is 3. The van der Waals surface area contributed by atoms with Gasteiger partial charge < -0.3 is 4.57 Å². The smallest absolute Gasteiger partial charge is 0.105 e. The van der Waals surface area contributed by atoms with Crippen LogP contribution in [0.3, 0.4) is 0 Å². The fourth-order valence-corrected chi connectivity index (χ4v) is 2.44. The van der Waals surface area contributed by atoms with E-state index in [-0.39, 0.29) is 5.54 Å². The van der Waals surface area contributed by atoms with E-state index in [1.807, 2.05) is 0 Å². The molecule has 1 aromatic heterocycles. The topological polar surface area (TPSA) is 21.1 Å². The Bertz CT molecular complexity index is 375. The maximum absolute atomic E-state index is 4.55. The Morgan fingerprint density at radius 3 is 2.06 bits per heavy atom. The average Bonchev–Trinajstić information content (AvgIpc) is 2.39. The van der Waals surface area contributed by atoms with Gasteiger partial charge >= 0.3 is 0 Å². The molecule has 0 aromatic carbocycles. The molecule has 0 unspecified atom stereocenters. The van der Waals surface area contributed by atoms with Gasteiger partial charge in [-0.15, -0.1) is 0 Å². The molecule has 0 amide bonds. The van der Waals surface area contributed by atoms with Crippen LogP contribution in [0.15, 0.2) is 0 Å². The Morgan fingerprint density at radius 1 is 1.25 bits per heavy atom. The lowest BCUT2D eigenvalue weighted by Crippen LogP contribution is -2.44. The van der Waals surface area contributed by atoms with E-state index in [0.717, 1.165) is 11.5 Å². The maximum Gasteiger partial charge on any atom is 0.105 e. The average molecular weight is 223 g/mol. The van der Waals surface area contributed by atoms with Crippen LogP contribution in [-0.2, 0) is 12.6 Å². The van der Waals surface area contributed by atoms with Crippen molar-refractivity contribution in [2.45, 2.75) is 53.1 Å². The summed E-state index contributed by atoms with van der Waals surface area (Å²) in [6.45, 7) is 13.1. The molecule has 0 saturated carbocycles. The monoisotopic (exact) mass is 223 g/mol. The molecule has 0 atom stereocenters. The zero-order valence-corrected chi connectivity index (χ0v) is 11.9. The summed E-state index contributed by atoms with van der Waals surface area (Å²) >= 11 is 0. The molecule has 0 N–H and O–H groups in total. The minimum atomic E-state index is 0.00819. The summed E-state index contributed by atoms with van der Waals surface area (Å²) in [4.78, 5) is 6.94. The molecule has 3 nitrogen and oxygen atoms in total. The lowest BCUT2D eigenvalue weighted by atomic mass is 9.95. The summed E-state index contributed by atoms with van der Waals surface area (Å²) in [5, 5.41) is 0. The van der Waals surface area contributed by atoms with Crippen LogP contribution in [0.25, 0.3) is 0 Å². The SMILES string of the molecule is Cc1nc(C)n(C)c1C(C)(C)N(C)C(C)C. The molecule has 92 valence electrons. The lowest BCUT2D eigenvalue weighted by Gasteiger charge is -2.39. The van der Waals surface area contributed by atoms with Gasteiger partial charge in [0.2, 0.25) is 0 Å². The van der Waals surface area contributed by atoms with Crippen molar-refractivity contribution in [1.82, 2.24) is 14.5 Å². The Morgan fingerprint density at radius 2 is 1.75 bits per heavy atom. The highest BCUT2D eigenvalue weighted by Crippen LogP contribution is 2.30. The van der Waals surface area contributed by atoms with Crippen molar-refractivity contribution in [3.05, 3.63) is 17.2 Å². The van der Waals surface area contributed by atoms with Crippen molar-refractivity contribution in [3.63, 3.8) is 0 Å². The number of imidazole rings is 1. The standard InChI is InChI=1S/C13H25N3/c1-9(2)16(8)13(5,6)12-10(3)14-11(4)15(12)7/h9H,1-8H3. The number of hydrogen-bond donors (Lipinski definition) is 0. The highest BCUT2D eigenvalue weighted by atomic mass is 15.2. The van der Waals surface area contributed by atoms with E-state index >= 15 is 0 Å². The van der Waals surface area contributed by atoms with E-state index < -0.39 is 0 Å². The highest BCUT2D eigenvalue weighted by Gasteiger charge is 2.32. The molecule has 1 rings (SSSR count). The van der Waals surface area contributed by atoms with Crippen LogP contribution in [0.5, 0.6) is 0 Å². The Kier molecular flexibility index (Phi) is 3.48. The second-order valence-corrected chi connectivity index (χ2v) is 5.42. The maximum atomic E-state index is 4.55. The van der Waals surface area contributed by atoms with E-state index in [1.54, 1.807) is 0 Å². The van der Waals surface area contributed by atoms with Crippen molar-refractivity contribution in [2.75, 3.05) is 7.05 Å². The predicted octanol–water partition coefficient (Wildman–Crippen LogP) is 2.61. The van der Waals surface area contributed by atoms with Crippen molar-refractivity contribution in [1.29, 1.82) is 0 Å². The van der Waals surface area contributed by atoms with E-state index in [9.17, 15) is 0 Å². The molecule has 0 spiro atoms. The van der Waals surface area contributed by atoms with Crippen LogP contribution in [-0.4, -0.2) is 27.5 Å². The van der Waals surface area contributed by atoms with Crippen LogP contribution in [0.2, 0.25) is 0 Å². The minimum Gasteiger partial charge on any atom is -0.333 e. The summed E-state index contributed by atoms with van der Waals surface area (Å²) in [5.74, 6) is 1.08. The quantitative estimate of drug-likeness (QED) is 0.785. The van der Waals surface area contributed by atoms with Gasteiger partial charge in [-0.25, -0.2) is 4.98 Å². The lowest BCUT2D eigenvalue weighted by molar-refractivity contribution is 0.110. The largest absolute Gasteiger partial charge is 0.333 e. The van der Waals surface area contributed by atoms with Crippen LogP contribution in [0, 0.1) is 13.8 Å². The Hall–Kier alpha value is -0.830. The van der Waals surface area contributed by atoms with Gasteiger partial charge in [0.25, 0.3) is 0 Å². The fourth-order valence-electron chi connectivity index (χ4n) is 2.44. The normalized spacial score (nSPS) is 12.9. The van der Waals surface area contributed by atoms with Gasteiger partial charge in [-0.3, -0.25) is 4.90 Å². The molecule has 0 aliphatic carbocycles. The summed E-state index contributed by atoms with van der Waals surface area (Å²) in [6.07, 6.45) is 0. The molecule has 0 aliphatic rings. The first-order valence-corrected chi connectivity index (χ1v) is 5.93. The third kappa shape index (κ3) is 2.01. The van der Waals surface area contributed by atoms with Crippen LogP contribution >= 0.6 is 0 Å². The van der Waals surface area contributed by atoms with Gasteiger partial charge in [-0.1, -0.05) is 0 Å². The first kappa shape index (κ1) is 13.2. The van der Waals surface area contributed by atoms with Gasteiger partial charge in [0.1, 0.15) is 5.82 Å². The van der Waals surface area contributed by atoms with Gasteiger partial charge in [-0.2, -0.15) is 0 Å². The van der Waals surface area contributed by atoms with E-state index in [4.69, 9.17) is 0 Å². The van der Waals surface area contributed by atoms with Gasteiger partial charge in [-0.05, 0) is 48.6 Å².